The Hall–Kier alpha value is -0.570. The molecule has 1 aromatic carbocycles. The highest BCUT2D eigenvalue weighted by molar-refractivity contribution is 6.30. The molecule has 17 heavy (non-hydrogen) atoms. The van der Waals surface area contributed by atoms with E-state index in [2.05, 4.69) is 44.9 Å². The lowest BCUT2D eigenvalue weighted by Crippen LogP contribution is -2.46. The number of rotatable bonds is 4. The molecule has 0 bridgehead atoms. The topological polar surface area (TPSA) is 29.3 Å². The first-order valence-corrected chi connectivity index (χ1v) is 6.37. The molecule has 0 amide bonds. The van der Waals surface area contributed by atoms with Crippen LogP contribution >= 0.6 is 11.6 Å². The molecule has 0 heterocycles. The molecule has 0 saturated heterocycles. The van der Waals surface area contributed by atoms with E-state index >= 15 is 0 Å². The van der Waals surface area contributed by atoms with Crippen molar-refractivity contribution in [3.63, 3.8) is 0 Å². The van der Waals surface area contributed by atoms with Crippen LogP contribution in [0, 0.1) is 5.41 Å². The van der Waals surface area contributed by atoms with Gasteiger partial charge in [0, 0.05) is 24.2 Å². The summed E-state index contributed by atoms with van der Waals surface area (Å²) in [6.45, 7) is 8.25. The molecule has 2 nitrogen and oxygen atoms in total. The van der Waals surface area contributed by atoms with Gasteiger partial charge in [-0.15, -0.1) is 0 Å². The second kappa shape index (κ2) is 5.85. The molecule has 0 aliphatic rings. The number of hydrogen-bond acceptors (Lipinski definition) is 2. The molecule has 3 heteroatoms. The number of halogens is 1. The third-order valence-electron chi connectivity index (χ3n) is 3.10. The van der Waals surface area contributed by atoms with E-state index in [0.717, 1.165) is 11.6 Å². The molecule has 1 rings (SSSR count). The molecular formula is C14H23ClN2. The van der Waals surface area contributed by atoms with Gasteiger partial charge in [0.15, 0.2) is 0 Å². The lowest BCUT2D eigenvalue weighted by molar-refractivity contribution is 0.125. The number of likely N-dealkylation sites (N-methyl/N-ethyl adjacent to an activating group) is 1. The Morgan fingerprint density at radius 1 is 1.24 bits per heavy atom. The van der Waals surface area contributed by atoms with E-state index in [4.69, 9.17) is 17.3 Å². The maximum atomic E-state index is 5.88. The minimum Gasteiger partial charge on any atom is -0.329 e. The minimum atomic E-state index is 0.190. The summed E-state index contributed by atoms with van der Waals surface area (Å²) < 4.78 is 0. The normalized spacial score (nSPS) is 14.1. The molecular weight excluding hydrogens is 232 g/mol. The average molecular weight is 255 g/mol. The van der Waals surface area contributed by atoms with E-state index in [1.807, 2.05) is 12.1 Å². The van der Waals surface area contributed by atoms with Gasteiger partial charge < -0.3 is 5.73 Å². The molecule has 2 N–H and O–H groups in total. The minimum absolute atomic E-state index is 0.190. The average Bonchev–Trinajstić information content (AvgIpc) is 2.20. The van der Waals surface area contributed by atoms with Crippen molar-refractivity contribution in [1.82, 2.24) is 4.90 Å². The van der Waals surface area contributed by atoms with Crippen LogP contribution in [-0.2, 0) is 6.54 Å². The SMILES string of the molecule is CN(Cc1ccc(Cl)cc1)C(CN)C(C)(C)C. The van der Waals surface area contributed by atoms with Crippen LogP contribution in [0.25, 0.3) is 0 Å². The Bertz CT molecular complexity index is 340. The molecule has 0 aliphatic heterocycles. The van der Waals surface area contributed by atoms with E-state index in [0.29, 0.717) is 12.6 Å². The van der Waals surface area contributed by atoms with Gasteiger partial charge in [0.2, 0.25) is 0 Å². The van der Waals surface area contributed by atoms with Gasteiger partial charge in [-0.1, -0.05) is 44.5 Å². The predicted molar refractivity (Wildman–Crippen MR) is 75.2 cm³/mol. The summed E-state index contributed by atoms with van der Waals surface area (Å²) in [6, 6.07) is 8.36. The summed E-state index contributed by atoms with van der Waals surface area (Å²) in [6.07, 6.45) is 0. The lowest BCUT2D eigenvalue weighted by atomic mass is 9.85. The van der Waals surface area contributed by atoms with Crippen LogP contribution in [0.5, 0.6) is 0 Å². The molecule has 1 aromatic rings. The van der Waals surface area contributed by atoms with E-state index < -0.39 is 0 Å². The van der Waals surface area contributed by atoms with Gasteiger partial charge in [-0.05, 0) is 30.2 Å². The monoisotopic (exact) mass is 254 g/mol. The second-order valence-electron chi connectivity index (χ2n) is 5.66. The van der Waals surface area contributed by atoms with Gasteiger partial charge >= 0.3 is 0 Å². The number of benzene rings is 1. The maximum Gasteiger partial charge on any atom is 0.0406 e. The second-order valence-corrected chi connectivity index (χ2v) is 6.10. The van der Waals surface area contributed by atoms with Crippen LogP contribution in [-0.4, -0.2) is 24.5 Å². The predicted octanol–water partition coefficient (Wildman–Crippen LogP) is 3.15. The summed E-state index contributed by atoms with van der Waals surface area (Å²) in [5.41, 5.74) is 7.33. The third-order valence-corrected chi connectivity index (χ3v) is 3.35. The van der Waals surface area contributed by atoms with Gasteiger partial charge in [0.1, 0.15) is 0 Å². The van der Waals surface area contributed by atoms with Gasteiger partial charge in [-0.25, -0.2) is 0 Å². The molecule has 96 valence electrons. The van der Waals surface area contributed by atoms with Crippen LogP contribution in [0.2, 0.25) is 5.02 Å². The standard InChI is InChI=1S/C14H23ClN2/c1-14(2,3)13(9-16)17(4)10-11-5-7-12(15)8-6-11/h5-8,13H,9-10,16H2,1-4H3. The largest absolute Gasteiger partial charge is 0.329 e. The van der Waals surface area contributed by atoms with Crippen molar-refractivity contribution in [3.05, 3.63) is 34.9 Å². The van der Waals surface area contributed by atoms with Crippen molar-refractivity contribution in [2.24, 2.45) is 11.1 Å². The van der Waals surface area contributed by atoms with Crippen molar-refractivity contribution in [2.75, 3.05) is 13.6 Å². The zero-order chi connectivity index (χ0) is 13.1. The lowest BCUT2D eigenvalue weighted by Gasteiger charge is -2.37. The Morgan fingerprint density at radius 3 is 2.18 bits per heavy atom. The fraction of sp³-hybridized carbons (Fsp3) is 0.571. The Kier molecular flexibility index (Phi) is 4.99. The van der Waals surface area contributed by atoms with Crippen LogP contribution in [0.15, 0.2) is 24.3 Å². The van der Waals surface area contributed by atoms with Crippen LogP contribution < -0.4 is 5.73 Å². The van der Waals surface area contributed by atoms with Gasteiger partial charge in [-0.2, -0.15) is 0 Å². The highest BCUT2D eigenvalue weighted by Crippen LogP contribution is 2.24. The van der Waals surface area contributed by atoms with E-state index in [9.17, 15) is 0 Å². The molecule has 0 saturated carbocycles. The van der Waals surface area contributed by atoms with Crippen molar-refractivity contribution >= 4 is 11.6 Å². The van der Waals surface area contributed by atoms with E-state index in [-0.39, 0.29) is 5.41 Å². The van der Waals surface area contributed by atoms with Gasteiger partial charge in [0.25, 0.3) is 0 Å². The smallest absolute Gasteiger partial charge is 0.0406 e. The first kappa shape index (κ1) is 14.5. The zero-order valence-corrected chi connectivity index (χ0v) is 12.0. The summed E-state index contributed by atoms with van der Waals surface area (Å²) in [5.74, 6) is 0. The highest BCUT2D eigenvalue weighted by atomic mass is 35.5. The summed E-state index contributed by atoms with van der Waals surface area (Å²) in [5, 5.41) is 0.780. The molecule has 0 spiro atoms. The van der Waals surface area contributed by atoms with Crippen LogP contribution in [0.1, 0.15) is 26.3 Å². The molecule has 1 atom stereocenters. The summed E-state index contributed by atoms with van der Waals surface area (Å²) in [4.78, 5) is 2.31. The van der Waals surface area contributed by atoms with E-state index in [1.165, 1.54) is 5.56 Å². The zero-order valence-electron chi connectivity index (χ0n) is 11.2. The quantitative estimate of drug-likeness (QED) is 0.895. The number of nitrogens with zero attached hydrogens (tertiary/aromatic N) is 1. The number of hydrogen-bond donors (Lipinski definition) is 1. The van der Waals surface area contributed by atoms with Gasteiger partial charge in [-0.3, -0.25) is 4.90 Å². The summed E-state index contributed by atoms with van der Waals surface area (Å²) in [7, 11) is 2.12. The maximum absolute atomic E-state index is 5.88. The summed E-state index contributed by atoms with van der Waals surface area (Å²) >= 11 is 5.88. The Morgan fingerprint density at radius 2 is 1.76 bits per heavy atom. The van der Waals surface area contributed by atoms with E-state index in [1.54, 1.807) is 0 Å². The third kappa shape index (κ3) is 4.30. The Labute approximate surface area is 110 Å². The van der Waals surface area contributed by atoms with Crippen molar-refractivity contribution < 1.29 is 0 Å². The molecule has 0 radical (unpaired) electrons. The fourth-order valence-electron chi connectivity index (χ4n) is 2.18. The fourth-order valence-corrected chi connectivity index (χ4v) is 2.31. The van der Waals surface area contributed by atoms with Gasteiger partial charge in [0.05, 0.1) is 0 Å². The molecule has 1 unspecified atom stereocenters. The highest BCUT2D eigenvalue weighted by Gasteiger charge is 2.26. The van der Waals surface area contributed by atoms with Crippen LogP contribution in [0.3, 0.4) is 0 Å². The first-order chi connectivity index (χ1) is 7.84. The Balaban J connectivity index is 2.70. The van der Waals surface area contributed by atoms with Crippen molar-refractivity contribution in [3.8, 4) is 0 Å². The van der Waals surface area contributed by atoms with Crippen molar-refractivity contribution in [1.29, 1.82) is 0 Å². The number of nitrogens with two attached hydrogens (primary N) is 1. The van der Waals surface area contributed by atoms with Crippen molar-refractivity contribution in [2.45, 2.75) is 33.4 Å². The van der Waals surface area contributed by atoms with Crippen LogP contribution in [0.4, 0.5) is 0 Å². The first-order valence-electron chi connectivity index (χ1n) is 5.99. The molecule has 0 aliphatic carbocycles. The molecule has 0 fully saturated rings. The molecule has 0 aromatic heterocycles.